The van der Waals surface area contributed by atoms with Crippen LogP contribution in [0.4, 0.5) is 13.2 Å². The van der Waals surface area contributed by atoms with Gasteiger partial charge in [-0.3, -0.25) is 8.71 Å². The third kappa shape index (κ3) is 10.1. The molecule has 0 aliphatic carbocycles. The van der Waals surface area contributed by atoms with Crippen LogP contribution in [-0.4, -0.2) is 36.9 Å². The van der Waals surface area contributed by atoms with Gasteiger partial charge in [0.1, 0.15) is 0 Å². The first-order valence-electron chi connectivity index (χ1n) is 3.05. The smallest absolute Gasteiger partial charge is 0.303 e. The molecule has 0 saturated heterocycles. The summed E-state index contributed by atoms with van der Waals surface area (Å²) in [5.41, 5.74) is 0. The van der Waals surface area contributed by atoms with Crippen molar-refractivity contribution in [2.75, 3.05) is 12.5 Å². The molecule has 12 heteroatoms. The molecule has 0 saturated carbocycles. The lowest BCUT2D eigenvalue weighted by molar-refractivity contribution is -0.152. The van der Waals surface area contributed by atoms with Crippen molar-refractivity contribution in [1.82, 2.24) is 0 Å². The Labute approximate surface area is 82.2 Å². The zero-order valence-corrected chi connectivity index (χ0v) is 8.55. The molecule has 0 bridgehead atoms. The molecule has 0 aromatic heterocycles. The summed E-state index contributed by atoms with van der Waals surface area (Å²) in [6.45, 7) is -2.08. The molecular formula is C3H6F3O7PS. The largest absolute Gasteiger partial charge is 0.470 e. The van der Waals surface area contributed by atoms with Crippen LogP contribution < -0.4 is 0 Å². The molecular weight excluding hydrogens is 268 g/mol. The van der Waals surface area contributed by atoms with Crippen LogP contribution in [0.2, 0.25) is 0 Å². The van der Waals surface area contributed by atoms with Crippen LogP contribution in [0, 0.1) is 0 Å². The molecule has 0 aromatic rings. The van der Waals surface area contributed by atoms with Gasteiger partial charge in [0.05, 0.1) is 0 Å². The van der Waals surface area contributed by atoms with Crippen LogP contribution in [0.25, 0.3) is 0 Å². The fourth-order valence-electron chi connectivity index (χ4n) is 0.324. The number of phosphoric acid groups is 1. The fourth-order valence-corrected chi connectivity index (χ4v) is 1.77. The number of hydrogen-bond donors (Lipinski definition) is 2. The molecule has 0 amide bonds. The van der Waals surface area contributed by atoms with Gasteiger partial charge in [0.25, 0.3) is 10.1 Å². The van der Waals surface area contributed by atoms with Crippen LogP contribution in [-0.2, 0) is 23.4 Å². The lowest BCUT2D eigenvalue weighted by Crippen LogP contribution is -2.22. The summed E-state index contributed by atoms with van der Waals surface area (Å²) in [7, 11) is -9.85. The average Bonchev–Trinajstić information content (AvgIpc) is 1.96. The van der Waals surface area contributed by atoms with Gasteiger partial charge in [0.2, 0.25) is 0 Å². The molecule has 0 aromatic carbocycles. The van der Waals surface area contributed by atoms with Crippen LogP contribution in [0.1, 0.15) is 0 Å². The summed E-state index contributed by atoms with van der Waals surface area (Å²) < 4.78 is 72.3. The summed E-state index contributed by atoms with van der Waals surface area (Å²) in [5.74, 6) is -1.66. The second kappa shape index (κ2) is 4.76. The maximum absolute atomic E-state index is 11.5. The predicted molar refractivity (Wildman–Crippen MR) is 38.9 cm³/mol. The van der Waals surface area contributed by atoms with E-state index in [2.05, 4.69) is 8.71 Å². The van der Waals surface area contributed by atoms with E-state index in [9.17, 15) is 26.2 Å². The summed E-state index contributed by atoms with van der Waals surface area (Å²) in [4.78, 5) is 16.1. The highest BCUT2D eigenvalue weighted by Crippen LogP contribution is 2.36. The van der Waals surface area contributed by atoms with Crippen LogP contribution >= 0.6 is 7.82 Å². The summed E-state index contributed by atoms with van der Waals surface area (Å²) in [6.07, 6.45) is -4.87. The molecule has 0 aliphatic rings. The van der Waals surface area contributed by atoms with Crippen molar-refractivity contribution in [3.8, 4) is 0 Å². The van der Waals surface area contributed by atoms with E-state index >= 15 is 0 Å². The van der Waals surface area contributed by atoms with Gasteiger partial charge < -0.3 is 9.79 Å². The van der Waals surface area contributed by atoms with Crippen molar-refractivity contribution in [1.29, 1.82) is 0 Å². The van der Waals surface area contributed by atoms with E-state index in [0.717, 1.165) is 0 Å². The molecule has 2 N–H and O–H groups in total. The number of halogens is 3. The van der Waals surface area contributed by atoms with Gasteiger partial charge in [-0.1, -0.05) is 0 Å². The molecule has 0 aliphatic heterocycles. The van der Waals surface area contributed by atoms with Gasteiger partial charge in [-0.25, -0.2) is 4.57 Å². The van der Waals surface area contributed by atoms with E-state index in [1.807, 2.05) is 0 Å². The van der Waals surface area contributed by atoms with E-state index in [1.165, 1.54) is 0 Å². The molecule has 0 atom stereocenters. The first-order chi connectivity index (χ1) is 6.41. The first kappa shape index (κ1) is 14.8. The second-order valence-electron chi connectivity index (χ2n) is 2.17. The van der Waals surface area contributed by atoms with Crippen molar-refractivity contribution in [2.45, 2.75) is 6.18 Å². The van der Waals surface area contributed by atoms with Gasteiger partial charge in [0.15, 0.2) is 12.5 Å². The quantitative estimate of drug-likeness (QED) is 0.534. The van der Waals surface area contributed by atoms with E-state index in [0.29, 0.717) is 0 Å². The third-order valence-electron chi connectivity index (χ3n) is 0.767. The molecule has 0 fully saturated rings. The lowest BCUT2D eigenvalue weighted by atomic mass is 10.7. The number of hydrogen-bond acceptors (Lipinski definition) is 5. The maximum Gasteiger partial charge on any atom is 0.470 e. The minimum atomic E-state index is -5.07. The Hall–Kier alpha value is -0.190. The Balaban J connectivity index is 4.17. The van der Waals surface area contributed by atoms with Gasteiger partial charge in [-0.05, 0) is 0 Å². The van der Waals surface area contributed by atoms with Crippen LogP contribution in [0.3, 0.4) is 0 Å². The standard InChI is InChI=1S/C3H6F3O7PS/c4-3(5,6)1-13-15(10,11)2-12-14(7,8)9/h1-2H2,(H2,7,8,9). The number of alkyl halides is 3. The monoisotopic (exact) mass is 274 g/mol. The van der Waals surface area contributed by atoms with E-state index < -0.39 is 36.7 Å². The Morgan fingerprint density at radius 1 is 1.27 bits per heavy atom. The Morgan fingerprint density at radius 2 is 1.73 bits per heavy atom. The zero-order valence-electron chi connectivity index (χ0n) is 6.84. The third-order valence-corrected chi connectivity index (χ3v) is 2.29. The van der Waals surface area contributed by atoms with Gasteiger partial charge >= 0.3 is 14.0 Å². The normalized spacial score (nSPS) is 14.2. The highest BCUT2D eigenvalue weighted by Gasteiger charge is 2.31. The topological polar surface area (TPSA) is 110 Å². The van der Waals surface area contributed by atoms with Crippen molar-refractivity contribution in [2.24, 2.45) is 0 Å². The molecule has 0 unspecified atom stereocenters. The molecule has 0 spiro atoms. The Morgan fingerprint density at radius 3 is 2.07 bits per heavy atom. The molecule has 15 heavy (non-hydrogen) atoms. The minimum absolute atomic E-state index is 1.66. The fraction of sp³-hybridized carbons (Fsp3) is 1.00. The molecule has 7 nitrogen and oxygen atoms in total. The highest BCUT2D eigenvalue weighted by molar-refractivity contribution is 7.86. The van der Waals surface area contributed by atoms with Gasteiger partial charge in [-0.2, -0.15) is 21.6 Å². The van der Waals surface area contributed by atoms with Gasteiger partial charge in [-0.15, -0.1) is 0 Å². The minimum Gasteiger partial charge on any atom is -0.303 e. The molecule has 0 rings (SSSR count). The summed E-state index contributed by atoms with van der Waals surface area (Å²) in [5, 5.41) is 0. The second-order valence-corrected chi connectivity index (χ2v) is 5.00. The lowest BCUT2D eigenvalue weighted by Gasteiger charge is -2.08. The Bertz CT molecular complexity index is 341. The molecule has 0 heterocycles. The van der Waals surface area contributed by atoms with E-state index in [4.69, 9.17) is 9.79 Å². The van der Waals surface area contributed by atoms with E-state index in [-0.39, 0.29) is 0 Å². The number of rotatable bonds is 5. The summed E-state index contributed by atoms with van der Waals surface area (Å²) >= 11 is 0. The van der Waals surface area contributed by atoms with Crippen LogP contribution in [0.5, 0.6) is 0 Å². The average molecular weight is 274 g/mol. The predicted octanol–water partition coefficient (Wildman–Crippen LogP) is -0.0381. The van der Waals surface area contributed by atoms with Crippen LogP contribution in [0.15, 0.2) is 0 Å². The van der Waals surface area contributed by atoms with Crippen molar-refractivity contribution >= 4 is 17.9 Å². The highest BCUT2D eigenvalue weighted by atomic mass is 32.2. The van der Waals surface area contributed by atoms with Crippen molar-refractivity contribution < 1.29 is 44.6 Å². The number of phosphoric ester groups is 1. The molecule has 92 valence electrons. The van der Waals surface area contributed by atoms with E-state index in [1.54, 1.807) is 0 Å². The zero-order chi connectivity index (χ0) is 12.3. The molecule has 0 radical (unpaired) electrons. The Kier molecular flexibility index (Phi) is 4.70. The SMILES string of the molecule is O=P(O)(O)OCS(=O)(=O)OCC(F)(F)F. The maximum atomic E-state index is 11.5. The summed E-state index contributed by atoms with van der Waals surface area (Å²) in [6, 6.07) is 0. The van der Waals surface area contributed by atoms with Crippen molar-refractivity contribution in [3.05, 3.63) is 0 Å². The van der Waals surface area contributed by atoms with Crippen molar-refractivity contribution in [3.63, 3.8) is 0 Å². The first-order valence-corrected chi connectivity index (χ1v) is 6.16. The van der Waals surface area contributed by atoms with Gasteiger partial charge in [0, 0.05) is 0 Å².